The first-order valence-corrected chi connectivity index (χ1v) is 3.47. The van der Waals surface area contributed by atoms with Crippen LogP contribution in [-0.2, 0) is 9.47 Å². The number of aliphatic hydroxyl groups is 4. The summed E-state index contributed by atoms with van der Waals surface area (Å²) < 4.78 is 9.08. The van der Waals surface area contributed by atoms with Crippen molar-refractivity contribution < 1.29 is 29.9 Å². The summed E-state index contributed by atoms with van der Waals surface area (Å²) in [5.41, 5.74) is 0. The highest BCUT2D eigenvalue weighted by Gasteiger charge is 2.54. The normalized spacial score (nSPS) is 48.2. The number of ether oxygens (including phenoxy) is 2. The largest absolute Gasteiger partial charge is 0.394 e. The Morgan fingerprint density at radius 1 is 1.50 bits per heavy atom. The number of rotatable bonds is 2. The van der Waals surface area contributed by atoms with Crippen LogP contribution in [0.4, 0.5) is 0 Å². The van der Waals surface area contributed by atoms with Crippen LogP contribution >= 0.6 is 0 Å². The Kier molecular flexibility index (Phi) is 2.67. The number of hydrogen-bond donors (Lipinski definition) is 4. The Labute approximate surface area is 69.0 Å². The van der Waals surface area contributed by atoms with E-state index in [4.69, 9.17) is 15.3 Å². The maximum absolute atomic E-state index is 9.27. The van der Waals surface area contributed by atoms with E-state index in [9.17, 15) is 5.11 Å². The molecule has 0 aromatic heterocycles. The van der Waals surface area contributed by atoms with Gasteiger partial charge in [-0.15, -0.1) is 0 Å². The van der Waals surface area contributed by atoms with Crippen molar-refractivity contribution >= 4 is 0 Å². The summed E-state index contributed by atoms with van der Waals surface area (Å²) >= 11 is 0. The SMILES string of the molecule is COC1(O)O[C@H](CO)[C@@H](O)[C@H]1O. The maximum atomic E-state index is 9.27. The molecule has 1 unspecified atom stereocenters. The van der Waals surface area contributed by atoms with Crippen molar-refractivity contribution in [3.8, 4) is 0 Å². The molecule has 0 spiro atoms. The first-order valence-electron chi connectivity index (χ1n) is 3.47. The molecule has 1 fully saturated rings. The van der Waals surface area contributed by atoms with E-state index in [2.05, 4.69) is 9.47 Å². The highest BCUT2D eigenvalue weighted by molar-refractivity contribution is 4.89. The monoisotopic (exact) mass is 180 g/mol. The summed E-state index contributed by atoms with van der Waals surface area (Å²) in [6, 6.07) is 0. The molecule has 0 aromatic rings. The second-order valence-corrected chi connectivity index (χ2v) is 2.61. The molecule has 0 amide bonds. The molecule has 4 N–H and O–H groups in total. The number of hydrogen-bond acceptors (Lipinski definition) is 6. The third-order valence-corrected chi connectivity index (χ3v) is 1.87. The molecule has 0 aliphatic carbocycles. The summed E-state index contributed by atoms with van der Waals surface area (Å²) in [5.74, 6) is -2.22. The number of aliphatic hydroxyl groups excluding tert-OH is 3. The molecular weight excluding hydrogens is 168 g/mol. The topological polar surface area (TPSA) is 99.4 Å². The first-order chi connectivity index (χ1) is 5.55. The minimum Gasteiger partial charge on any atom is -0.394 e. The van der Waals surface area contributed by atoms with E-state index in [0.29, 0.717) is 0 Å². The summed E-state index contributed by atoms with van der Waals surface area (Å²) in [4.78, 5) is 0. The molecular formula is C6H12O6. The average Bonchev–Trinajstić information content (AvgIpc) is 2.31. The molecule has 72 valence electrons. The highest BCUT2D eigenvalue weighted by Crippen LogP contribution is 2.29. The van der Waals surface area contributed by atoms with Crippen molar-refractivity contribution in [2.75, 3.05) is 13.7 Å². The van der Waals surface area contributed by atoms with Crippen molar-refractivity contribution in [3.63, 3.8) is 0 Å². The Bertz CT molecular complexity index is 162. The van der Waals surface area contributed by atoms with Crippen LogP contribution in [0.1, 0.15) is 0 Å². The lowest BCUT2D eigenvalue weighted by Gasteiger charge is -2.22. The molecule has 1 rings (SSSR count). The Hall–Kier alpha value is -0.240. The van der Waals surface area contributed by atoms with E-state index in [1.807, 2.05) is 0 Å². The fourth-order valence-electron chi connectivity index (χ4n) is 1.09. The fourth-order valence-corrected chi connectivity index (χ4v) is 1.09. The minimum atomic E-state index is -2.22. The zero-order valence-electron chi connectivity index (χ0n) is 6.54. The summed E-state index contributed by atoms with van der Waals surface area (Å²) in [6.07, 6.45) is -3.94. The molecule has 12 heavy (non-hydrogen) atoms. The van der Waals surface area contributed by atoms with Crippen molar-refractivity contribution in [1.29, 1.82) is 0 Å². The lowest BCUT2D eigenvalue weighted by atomic mass is 10.1. The van der Waals surface area contributed by atoms with Gasteiger partial charge in [-0.25, -0.2) is 0 Å². The van der Waals surface area contributed by atoms with E-state index in [0.717, 1.165) is 7.11 Å². The second kappa shape index (κ2) is 3.25. The molecule has 0 saturated carbocycles. The molecule has 1 saturated heterocycles. The van der Waals surface area contributed by atoms with Crippen molar-refractivity contribution in [2.24, 2.45) is 0 Å². The first kappa shape index (κ1) is 9.85. The van der Waals surface area contributed by atoms with Crippen LogP contribution in [-0.4, -0.2) is 58.4 Å². The van der Waals surface area contributed by atoms with Gasteiger partial charge >= 0.3 is 5.97 Å². The predicted octanol–water partition coefficient (Wildman–Crippen LogP) is -2.61. The third-order valence-electron chi connectivity index (χ3n) is 1.87. The van der Waals surface area contributed by atoms with Crippen LogP contribution in [0, 0.1) is 0 Å². The summed E-state index contributed by atoms with van der Waals surface area (Å²) in [5, 5.41) is 36.2. The van der Waals surface area contributed by atoms with Gasteiger partial charge in [-0.05, 0) is 0 Å². The zero-order valence-corrected chi connectivity index (χ0v) is 6.54. The van der Waals surface area contributed by atoms with Crippen LogP contribution in [0.3, 0.4) is 0 Å². The molecule has 6 nitrogen and oxygen atoms in total. The van der Waals surface area contributed by atoms with Gasteiger partial charge in [0.2, 0.25) is 0 Å². The second-order valence-electron chi connectivity index (χ2n) is 2.61. The molecule has 0 bridgehead atoms. The van der Waals surface area contributed by atoms with Gasteiger partial charge in [-0.3, -0.25) is 0 Å². The van der Waals surface area contributed by atoms with Crippen LogP contribution < -0.4 is 0 Å². The summed E-state index contributed by atoms with van der Waals surface area (Å²) in [7, 11) is 1.12. The van der Waals surface area contributed by atoms with E-state index in [-0.39, 0.29) is 0 Å². The zero-order chi connectivity index (χ0) is 9.35. The standard InChI is InChI=1S/C6H12O6/c1-11-6(10)5(9)4(8)3(2-7)12-6/h3-5,7-10H,2H2,1H3/t3-,4-,5-,6?/m1/s1. The van der Waals surface area contributed by atoms with E-state index in [1.54, 1.807) is 0 Å². The third kappa shape index (κ3) is 1.33. The van der Waals surface area contributed by atoms with Gasteiger partial charge in [0, 0.05) is 7.11 Å². The smallest absolute Gasteiger partial charge is 0.311 e. The molecule has 1 heterocycles. The summed E-state index contributed by atoms with van der Waals surface area (Å²) in [6.45, 7) is -0.496. The van der Waals surface area contributed by atoms with Gasteiger partial charge in [0.15, 0.2) is 6.10 Å². The molecule has 0 aromatic carbocycles. The van der Waals surface area contributed by atoms with Gasteiger partial charge in [-0.1, -0.05) is 0 Å². The maximum Gasteiger partial charge on any atom is 0.311 e. The predicted molar refractivity (Wildman–Crippen MR) is 35.9 cm³/mol. The van der Waals surface area contributed by atoms with Crippen LogP contribution in [0.25, 0.3) is 0 Å². The Balaban J connectivity index is 2.72. The van der Waals surface area contributed by atoms with Gasteiger partial charge in [0.05, 0.1) is 6.61 Å². The Morgan fingerprint density at radius 3 is 2.33 bits per heavy atom. The van der Waals surface area contributed by atoms with E-state index in [1.165, 1.54) is 0 Å². The van der Waals surface area contributed by atoms with Gasteiger partial charge < -0.3 is 29.9 Å². The lowest BCUT2D eigenvalue weighted by molar-refractivity contribution is -0.367. The molecule has 1 aliphatic heterocycles. The molecule has 1 aliphatic rings. The Morgan fingerprint density at radius 2 is 2.08 bits per heavy atom. The number of methoxy groups -OCH3 is 1. The van der Waals surface area contributed by atoms with Crippen molar-refractivity contribution in [3.05, 3.63) is 0 Å². The lowest BCUT2D eigenvalue weighted by Crippen LogP contribution is -2.44. The average molecular weight is 180 g/mol. The fraction of sp³-hybridized carbons (Fsp3) is 1.00. The molecule has 6 heteroatoms. The van der Waals surface area contributed by atoms with Crippen molar-refractivity contribution in [1.82, 2.24) is 0 Å². The van der Waals surface area contributed by atoms with Gasteiger partial charge in [-0.2, -0.15) is 0 Å². The van der Waals surface area contributed by atoms with Crippen LogP contribution in [0.15, 0.2) is 0 Å². The van der Waals surface area contributed by atoms with E-state index < -0.39 is 30.9 Å². The van der Waals surface area contributed by atoms with Gasteiger partial charge in [0.1, 0.15) is 12.2 Å². The van der Waals surface area contributed by atoms with E-state index >= 15 is 0 Å². The van der Waals surface area contributed by atoms with Crippen molar-refractivity contribution in [2.45, 2.75) is 24.3 Å². The van der Waals surface area contributed by atoms with Gasteiger partial charge in [0.25, 0.3) is 0 Å². The molecule has 0 radical (unpaired) electrons. The quantitative estimate of drug-likeness (QED) is 0.347. The van der Waals surface area contributed by atoms with Crippen LogP contribution in [0.5, 0.6) is 0 Å². The van der Waals surface area contributed by atoms with Crippen LogP contribution in [0.2, 0.25) is 0 Å². The highest BCUT2D eigenvalue weighted by atomic mass is 16.8. The minimum absolute atomic E-state index is 0.496. The molecule has 4 atom stereocenters.